The Morgan fingerprint density at radius 3 is 2.50 bits per heavy atom. The molecule has 1 atom stereocenters. The molecule has 2 aromatic rings. The van der Waals surface area contributed by atoms with Gasteiger partial charge in [-0.3, -0.25) is 9.79 Å². The standard InChI is InChI=1S/C21H27N5O.HI/c1-22-20(27)17-10-8-16(9-11-17)14-24-21(23-2)25-18-12-13-26(15-18)19-6-4-3-5-7-19;/h3-11,18H,12-15H2,1-2H3,(H,22,27)(H2,23,24,25);1H. The Labute approximate surface area is 183 Å². The summed E-state index contributed by atoms with van der Waals surface area (Å²) in [6.45, 7) is 2.66. The zero-order valence-corrected chi connectivity index (χ0v) is 18.6. The van der Waals surface area contributed by atoms with Gasteiger partial charge in [0.2, 0.25) is 0 Å². The van der Waals surface area contributed by atoms with Gasteiger partial charge in [0.1, 0.15) is 0 Å². The van der Waals surface area contributed by atoms with Gasteiger partial charge in [0.05, 0.1) is 0 Å². The summed E-state index contributed by atoms with van der Waals surface area (Å²) in [7, 11) is 3.42. The van der Waals surface area contributed by atoms with Crippen LogP contribution >= 0.6 is 24.0 Å². The van der Waals surface area contributed by atoms with Crippen LogP contribution in [0.3, 0.4) is 0 Å². The zero-order chi connectivity index (χ0) is 19.1. The summed E-state index contributed by atoms with van der Waals surface area (Å²) < 4.78 is 0. The average Bonchev–Trinajstić information content (AvgIpc) is 3.20. The van der Waals surface area contributed by atoms with Crippen LogP contribution in [0.5, 0.6) is 0 Å². The fourth-order valence-corrected chi connectivity index (χ4v) is 3.24. The van der Waals surface area contributed by atoms with Gasteiger partial charge in [-0.15, -0.1) is 24.0 Å². The molecule has 1 amide bonds. The van der Waals surface area contributed by atoms with Crippen molar-refractivity contribution in [2.24, 2.45) is 4.99 Å². The number of benzene rings is 2. The van der Waals surface area contributed by atoms with E-state index in [1.165, 1.54) is 5.69 Å². The molecule has 0 aromatic heterocycles. The third-order valence-electron chi connectivity index (χ3n) is 4.78. The van der Waals surface area contributed by atoms with E-state index in [9.17, 15) is 4.79 Å². The Hall–Kier alpha value is -2.29. The molecule has 28 heavy (non-hydrogen) atoms. The Balaban J connectivity index is 0.00000280. The second-order valence-corrected chi connectivity index (χ2v) is 6.61. The van der Waals surface area contributed by atoms with E-state index in [4.69, 9.17) is 0 Å². The highest BCUT2D eigenvalue weighted by atomic mass is 127. The van der Waals surface area contributed by atoms with Gasteiger partial charge in [-0.25, -0.2) is 0 Å². The van der Waals surface area contributed by atoms with Gasteiger partial charge in [0.15, 0.2) is 5.96 Å². The number of carbonyl (C=O) groups is 1. The van der Waals surface area contributed by atoms with Crippen LogP contribution in [0.15, 0.2) is 59.6 Å². The SMILES string of the molecule is CN=C(NCc1ccc(C(=O)NC)cc1)NC1CCN(c2ccccc2)C1.I. The molecule has 1 heterocycles. The normalized spacial score (nSPS) is 16.3. The van der Waals surface area contributed by atoms with Crippen LogP contribution in [-0.2, 0) is 6.54 Å². The Kier molecular flexibility index (Phi) is 8.56. The molecule has 0 saturated carbocycles. The highest BCUT2D eigenvalue weighted by Gasteiger charge is 2.23. The highest BCUT2D eigenvalue weighted by molar-refractivity contribution is 14.0. The predicted molar refractivity (Wildman–Crippen MR) is 126 cm³/mol. The smallest absolute Gasteiger partial charge is 0.251 e. The van der Waals surface area contributed by atoms with E-state index in [1.54, 1.807) is 14.1 Å². The van der Waals surface area contributed by atoms with Crippen molar-refractivity contribution in [3.8, 4) is 0 Å². The number of guanidine groups is 1. The summed E-state index contributed by atoms with van der Waals surface area (Å²) in [6.07, 6.45) is 1.08. The maximum atomic E-state index is 11.6. The molecular formula is C21H28IN5O. The first-order valence-electron chi connectivity index (χ1n) is 9.28. The number of halogens is 1. The Bertz CT molecular complexity index is 779. The molecule has 1 saturated heterocycles. The number of carbonyl (C=O) groups excluding carboxylic acids is 1. The molecule has 0 bridgehead atoms. The maximum Gasteiger partial charge on any atom is 0.251 e. The third-order valence-corrected chi connectivity index (χ3v) is 4.78. The van der Waals surface area contributed by atoms with E-state index < -0.39 is 0 Å². The number of amides is 1. The summed E-state index contributed by atoms with van der Waals surface area (Å²) in [4.78, 5) is 18.3. The van der Waals surface area contributed by atoms with Crippen LogP contribution in [-0.4, -0.2) is 45.1 Å². The average molecular weight is 493 g/mol. The molecule has 150 valence electrons. The molecule has 1 unspecified atom stereocenters. The lowest BCUT2D eigenvalue weighted by atomic mass is 10.1. The molecular weight excluding hydrogens is 465 g/mol. The van der Waals surface area contributed by atoms with Crippen molar-refractivity contribution in [2.75, 3.05) is 32.1 Å². The summed E-state index contributed by atoms with van der Waals surface area (Å²) in [5.74, 6) is 0.724. The second kappa shape index (κ2) is 10.9. The van der Waals surface area contributed by atoms with Gasteiger partial charge in [0, 0.05) is 51.0 Å². The first-order chi connectivity index (χ1) is 13.2. The lowest BCUT2D eigenvalue weighted by Crippen LogP contribution is -2.44. The first-order valence-corrected chi connectivity index (χ1v) is 9.28. The van der Waals surface area contributed by atoms with Crippen molar-refractivity contribution in [1.29, 1.82) is 0 Å². The van der Waals surface area contributed by atoms with Crippen molar-refractivity contribution in [3.05, 3.63) is 65.7 Å². The fraction of sp³-hybridized carbons (Fsp3) is 0.333. The number of rotatable bonds is 5. The monoisotopic (exact) mass is 493 g/mol. The largest absolute Gasteiger partial charge is 0.369 e. The molecule has 3 rings (SSSR count). The third kappa shape index (κ3) is 5.85. The maximum absolute atomic E-state index is 11.6. The fourth-order valence-electron chi connectivity index (χ4n) is 3.24. The highest BCUT2D eigenvalue weighted by Crippen LogP contribution is 2.19. The van der Waals surface area contributed by atoms with Crippen molar-refractivity contribution < 1.29 is 4.79 Å². The first kappa shape index (κ1) is 22.0. The van der Waals surface area contributed by atoms with E-state index in [0.29, 0.717) is 18.2 Å². The van der Waals surface area contributed by atoms with Crippen LogP contribution in [0.25, 0.3) is 0 Å². The molecule has 1 fully saturated rings. The van der Waals surface area contributed by atoms with E-state index in [0.717, 1.165) is 31.0 Å². The lowest BCUT2D eigenvalue weighted by molar-refractivity contribution is 0.0963. The Morgan fingerprint density at radius 2 is 1.86 bits per heavy atom. The zero-order valence-electron chi connectivity index (χ0n) is 16.3. The van der Waals surface area contributed by atoms with E-state index in [-0.39, 0.29) is 29.9 Å². The summed E-state index contributed by atoms with van der Waals surface area (Å²) in [5, 5.41) is 9.49. The van der Waals surface area contributed by atoms with Crippen molar-refractivity contribution in [3.63, 3.8) is 0 Å². The van der Waals surface area contributed by atoms with Gasteiger partial charge >= 0.3 is 0 Å². The van der Waals surface area contributed by atoms with Crippen LogP contribution in [0.4, 0.5) is 5.69 Å². The number of para-hydroxylation sites is 1. The van der Waals surface area contributed by atoms with Gasteiger partial charge in [-0.1, -0.05) is 30.3 Å². The molecule has 0 spiro atoms. The van der Waals surface area contributed by atoms with E-state index in [1.807, 2.05) is 30.3 Å². The topological polar surface area (TPSA) is 68.8 Å². The van der Waals surface area contributed by atoms with Gasteiger partial charge < -0.3 is 20.9 Å². The quantitative estimate of drug-likeness (QED) is 0.341. The summed E-state index contributed by atoms with van der Waals surface area (Å²) in [6, 6.07) is 18.4. The van der Waals surface area contributed by atoms with Crippen molar-refractivity contribution >= 4 is 41.5 Å². The Morgan fingerprint density at radius 1 is 1.14 bits per heavy atom. The minimum absolute atomic E-state index is 0. The second-order valence-electron chi connectivity index (χ2n) is 6.61. The lowest BCUT2D eigenvalue weighted by Gasteiger charge is -2.20. The van der Waals surface area contributed by atoms with Gasteiger partial charge in [-0.2, -0.15) is 0 Å². The number of aliphatic imine (C=N–C) groups is 1. The molecule has 7 heteroatoms. The molecule has 3 N–H and O–H groups in total. The van der Waals surface area contributed by atoms with E-state index in [2.05, 4.69) is 50.1 Å². The van der Waals surface area contributed by atoms with Crippen molar-refractivity contribution in [2.45, 2.75) is 19.0 Å². The number of hydrogen-bond donors (Lipinski definition) is 3. The van der Waals surface area contributed by atoms with E-state index >= 15 is 0 Å². The number of nitrogens with one attached hydrogen (secondary N) is 3. The molecule has 0 aliphatic carbocycles. The van der Waals surface area contributed by atoms with Crippen LogP contribution < -0.4 is 20.9 Å². The minimum Gasteiger partial charge on any atom is -0.369 e. The molecule has 1 aliphatic rings. The summed E-state index contributed by atoms with van der Waals surface area (Å²) in [5.41, 5.74) is 3.03. The molecule has 1 aliphatic heterocycles. The van der Waals surface area contributed by atoms with Gasteiger partial charge in [0.25, 0.3) is 5.91 Å². The molecule has 0 radical (unpaired) electrons. The predicted octanol–water partition coefficient (Wildman–Crippen LogP) is 2.61. The molecule has 6 nitrogen and oxygen atoms in total. The molecule has 2 aromatic carbocycles. The number of hydrogen-bond acceptors (Lipinski definition) is 3. The van der Waals surface area contributed by atoms with Crippen LogP contribution in [0, 0.1) is 0 Å². The van der Waals surface area contributed by atoms with Crippen LogP contribution in [0.1, 0.15) is 22.3 Å². The number of nitrogens with zero attached hydrogens (tertiary/aromatic N) is 2. The summed E-state index contributed by atoms with van der Waals surface area (Å²) >= 11 is 0. The minimum atomic E-state index is -0.0730. The van der Waals surface area contributed by atoms with Crippen LogP contribution in [0.2, 0.25) is 0 Å². The number of anilines is 1. The van der Waals surface area contributed by atoms with Crippen molar-refractivity contribution in [1.82, 2.24) is 16.0 Å². The van der Waals surface area contributed by atoms with Gasteiger partial charge in [-0.05, 0) is 36.2 Å².